The van der Waals surface area contributed by atoms with Gasteiger partial charge in [-0.2, -0.15) is 4.98 Å². The summed E-state index contributed by atoms with van der Waals surface area (Å²) in [7, 11) is 0. The van der Waals surface area contributed by atoms with Crippen molar-refractivity contribution in [1.29, 1.82) is 0 Å². The van der Waals surface area contributed by atoms with E-state index in [0.717, 1.165) is 25.5 Å². The molecule has 1 aromatic carbocycles. The van der Waals surface area contributed by atoms with Crippen LogP contribution >= 0.6 is 0 Å². The number of hydrogen-bond acceptors (Lipinski definition) is 6. The van der Waals surface area contributed by atoms with Gasteiger partial charge < -0.3 is 14.4 Å². The van der Waals surface area contributed by atoms with Crippen LogP contribution in [0.1, 0.15) is 27.9 Å². The topological polar surface area (TPSA) is 89.1 Å². The highest BCUT2D eigenvalue weighted by Crippen LogP contribution is 2.13. The number of carbonyl (C=O) groups excluding carboxylic acids is 1. The molecule has 128 valence electrons. The van der Waals surface area contributed by atoms with E-state index in [-0.39, 0.29) is 12.5 Å². The minimum Gasteiger partial charge on any atom is -0.345 e. The van der Waals surface area contributed by atoms with Gasteiger partial charge in [0.2, 0.25) is 5.89 Å². The molecule has 1 aliphatic heterocycles. The minimum absolute atomic E-state index is 0.158. The van der Waals surface area contributed by atoms with Crippen LogP contribution in [0.25, 0.3) is 0 Å². The van der Waals surface area contributed by atoms with Crippen molar-refractivity contribution < 1.29 is 9.32 Å². The lowest BCUT2D eigenvalue weighted by atomic mass is 10.2. The summed E-state index contributed by atoms with van der Waals surface area (Å²) in [6.45, 7) is 3.39. The van der Waals surface area contributed by atoms with Crippen LogP contribution in [0, 0.1) is 0 Å². The van der Waals surface area contributed by atoms with E-state index in [1.54, 1.807) is 12.1 Å². The first-order chi connectivity index (χ1) is 12.3. The maximum absolute atomic E-state index is 12.0. The van der Waals surface area contributed by atoms with Gasteiger partial charge in [0.25, 0.3) is 5.91 Å². The standard InChI is InChI=1S/C17H18N6O2/c24-17(13-4-2-1-3-5-13)19-10-14-20-16(25-21-14)12-22-8-9-23-7-6-18-15(23)11-22/h1-7H,8-12H2,(H,19,24). The van der Waals surface area contributed by atoms with Gasteiger partial charge in [-0.1, -0.05) is 23.4 Å². The Bertz CT molecular complexity index is 857. The van der Waals surface area contributed by atoms with Gasteiger partial charge in [-0.3, -0.25) is 9.69 Å². The van der Waals surface area contributed by atoms with Crippen LogP contribution in [-0.4, -0.2) is 37.0 Å². The van der Waals surface area contributed by atoms with Crippen molar-refractivity contribution in [1.82, 2.24) is 29.9 Å². The highest BCUT2D eigenvalue weighted by molar-refractivity contribution is 5.93. The Morgan fingerprint density at radius 3 is 3.00 bits per heavy atom. The first kappa shape index (κ1) is 15.5. The summed E-state index contributed by atoms with van der Waals surface area (Å²) in [5.74, 6) is 1.90. The number of rotatable bonds is 5. The van der Waals surface area contributed by atoms with Gasteiger partial charge >= 0.3 is 0 Å². The van der Waals surface area contributed by atoms with E-state index in [1.165, 1.54) is 0 Å². The molecule has 0 spiro atoms. The molecule has 0 atom stereocenters. The van der Waals surface area contributed by atoms with E-state index >= 15 is 0 Å². The maximum atomic E-state index is 12.0. The number of benzene rings is 1. The van der Waals surface area contributed by atoms with Crippen molar-refractivity contribution in [2.45, 2.75) is 26.2 Å². The SMILES string of the molecule is O=C(NCc1noc(CN2CCn3ccnc3C2)n1)c1ccccc1. The zero-order valence-electron chi connectivity index (χ0n) is 13.6. The second-order valence-electron chi connectivity index (χ2n) is 5.90. The quantitative estimate of drug-likeness (QED) is 0.752. The second-order valence-corrected chi connectivity index (χ2v) is 5.90. The molecule has 0 radical (unpaired) electrons. The molecular formula is C17H18N6O2. The zero-order chi connectivity index (χ0) is 17.1. The van der Waals surface area contributed by atoms with Crippen LogP contribution in [0.5, 0.6) is 0 Å². The molecular weight excluding hydrogens is 320 g/mol. The lowest BCUT2D eigenvalue weighted by Gasteiger charge is -2.25. The smallest absolute Gasteiger partial charge is 0.251 e. The highest BCUT2D eigenvalue weighted by atomic mass is 16.5. The Kier molecular flexibility index (Phi) is 4.26. The number of imidazole rings is 1. The monoisotopic (exact) mass is 338 g/mol. The number of nitrogens with one attached hydrogen (secondary N) is 1. The van der Waals surface area contributed by atoms with E-state index < -0.39 is 0 Å². The first-order valence-electron chi connectivity index (χ1n) is 8.15. The molecule has 0 saturated heterocycles. The first-order valence-corrected chi connectivity index (χ1v) is 8.15. The Balaban J connectivity index is 1.31. The minimum atomic E-state index is -0.158. The average molecular weight is 338 g/mol. The third-order valence-corrected chi connectivity index (χ3v) is 4.14. The maximum Gasteiger partial charge on any atom is 0.251 e. The molecule has 0 aliphatic carbocycles. The molecule has 25 heavy (non-hydrogen) atoms. The molecule has 1 amide bonds. The van der Waals surface area contributed by atoms with Gasteiger partial charge in [0.05, 0.1) is 19.6 Å². The summed E-state index contributed by atoms with van der Waals surface area (Å²) >= 11 is 0. The Hall–Kier alpha value is -3.00. The molecule has 3 aromatic rings. The molecule has 1 N–H and O–H groups in total. The largest absolute Gasteiger partial charge is 0.345 e. The molecule has 8 heteroatoms. The van der Waals surface area contributed by atoms with Crippen molar-refractivity contribution in [2.75, 3.05) is 6.54 Å². The van der Waals surface area contributed by atoms with E-state index in [2.05, 4.69) is 29.9 Å². The van der Waals surface area contributed by atoms with Crippen LogP contribution in [0.2, 0.25) is 0 Å². The summed E-state index contributed by atoms with van der Waals surface area (Å²) in [4.78, 5) is 22.9. The lowest BCUT2D eigenvalue weighted by Crippen LogP contribution is -2.33. The number of amides is 1. The van der Waals surface area contributed by atoms with E-state index in [0.29, 0.717) is 23.8 Å². The van der Waals surface area contributed by atoms with Crippen molar-refractivity contribution in [3.8, 4) is 0 Å². The zero-order valence-corrected chi connectivity index (χ0v) is 13.6. The second kappa shape index (κ2) is 6.86. The number of carbonyl (C=O) groups is 1. The lowest BCUT2D eigenvalue weighted by molar-refractivity contribution is 0.0949. The number of aromatic nitrogens is 4. The van der Waals surface area contributed by atoms with E-state index in [4.69, 9.17) is 4.52 Å². The Labute approximate surface area is 144 Å². The van der Waals surface area contributed by atoms with Gasteiger partial charge in [-0.15, -0.1) is 0 Å². The molecule has 1 aliphatic rings. The van der Waals surface area contributed by atoms with Crippen molar-refractivity contribution in [3.63, 3.8) is 0 Å². The third kappa shape index (κ3) is 3.58. The fourth-order valence-electron chi connectivity index (χ4n) is 2.83. The van der Waals surface area contributed by atoms with Crippen molar-refractivity contribution >= 4 is 5.91 Å². The Morgan fingerprint density at radius 1 is 1.24 bits per heavy atom. The summed E-state index contributed by atoms with van der Waals surface area (Å²) in [5.41, 5.74) is 0.607. The van der Waals surface area contributed by atoms with Gasteiger partial charge in [0, 0.05) is 31.0 Å². The molecule has 0 bridgehead atoms. The van der Waals surface area contributed by atoms with Crippen LogP contribution in [0.15, 0.2) is 47.2 Å². The summed E-state index contributed by atoms with van der Waals surface area (Å²) in [6, 6.07) is 9.04. The number of hydrogen-bond donors (Lipinski definition) is 1. The van der Waals surface area contributed by atoms with Crippen LogP contribution < -0.4 is 5.32 Å². The van der Waals surface area contributed by atoms with Crippen LogP contribution in [0.4, 0.5) is 0 Å². The van der Waals surface area contributed by atoms with Crippen LogP contribution in [0.3, 0.4) is 0 Å². The van der Waals surface area contributed by atoms with E-state index in [1.807, 2.05) is 30.6 Å². The fourth-order valence-corrected chi connectivity index (χ4v) is 2.83. The molecule has 0 unspecified atom stereocenters. The number of fused-ring (bicyclic) bond motifs is 1. The normalized spacial score (nSPS) is 14.2. The van der Waals surface area contributed by atoms with Gasteiger partial charge in [0.1, 0.15) is 5.82 Å². The fraction of sp³-hybridized carbons (Fsp3) is 0.294. The number of nitrogens with zero attached hydrogens (tertiary/aromatic N) is 5. The van der Waals surface area contributed by atoms with Crippen molar-refractivity contribution in [3.05, 3.63) is 65.8 Å². The summed E-state index contributed by atoms with van der Waals surface area (Å²) < 4.78 is 7.44. The van der Waals surface area contributed by atoms with Crippen LogP contribution in [-0.2, 0) is 26.2 Å². The average Bonchev–Trinajstić information content (AvgIpc) is 3.29. The Morgan fingerprint density at radius 2 is 2.12 bits per heavy atom. The summed E-state index contributed by atoms with van der Waals surface area (Å²) in [5, 5.41) is 6.72. The molecule has 0 saturated carbocycles. The van der Waals surface area contributed by atoms with Gasteiger partial charge in [0.15, 0.2) is 5.82 Å². The van der Waals surface area contributed by atoms with Crippen molar-refractivity contribution in [2.24, 2.45) is 0 Å². The molecule has 8 nitrogen and oxygen atoms in total. The molecule has 0 fully saturated rings. The predicted molar refractivity (Wildman–Crippen MR) is 88.3 cm³/mol. The molecule has 4 rings (SSSR count). The van der Waals surface area contributed by atoms with E-state index in [9.17, 15) is 4.79 Å². The van der Waals surface area contributed by atoms with Gasteiger partial charge in [-0.05, 0) is 12.1 Å². The molecule has 3 heterocycles. The highest BCUT2D eigenvalue weighted by Gasteiger charge is 2.19. The third-order valence-electron chi connectivity index (χ3n) is 4.14. The molecule has 2 aromatic heterocycles. The van der Waals surface area contributed by atoms with Gasteiger partial charge in [-0.25, -0.2) is 4.98 Å². The summed E-state index contributed by atoms with van der Waals surface area (Å²) in [6.07, 6.45) is 3.81. The predicted octanol–water partition coefficient (Wildman–Crippen LogP) is 1.21.